The molecule has 2 N–H and O–H groups in total. The number of nitrogens with zero attached hydrogens (tertiary/aromatic N) is 2. The quantitative estimate of drug-likeness (QED) is 0.774. The lowest BCUT2D eigenvalue weighted by Crippen LogP contribution is -2.24. The molecule has 14 heavy (non-hydrogen) atoms. The Kier molecular flexibility index (Phi) is 5.07. The highest BCUT2D eigenvalue weighted by atomic mass is 32.1. The van der Waals surface area contributed by atoms with Gasteiger partial charge in [0.15, 0.2) is 0 Å². The lowest BCUT2D eigenvalue weighted by atomic mass is 10.3. The van der Waals surface area contributed by atoms with Crippen LogP contribution in [-0.2, 0) is 6.42 Å². The highest BCUT2D eigenvalue weighted by Crippen LogP contribution is 2.12. The summed E-state index contributed by atoms with van der Waals surface area (Å²) < 4.78 is 0. The number of nitrogens with two attached hydrogens (primary N) is 1. The van der Waals surface area contributed by atoms with E-state index in [2.05, 4.69) is 23.9 Å². The predicted octanol–water partition coefficient (Wildman–Crippen LogP) is 1.27. The van der Waals surface area contributed by atoms with Crippen molar-refractivity contribution in [2.24, 2.45) is 5.73 Å². The third-order valence-electron chi connectivity index (χ3n) is 2.31. The Balaban J connectivity index is 2.23. The highest BCUT2D eigenvalue weighted by Gasteiger charge is 2.03. The topological polar surface area (TPSA) is 42.2 Å². The van der Waals surface area contributed by atoms with Crippen molar-refractivity contribution >= 4 is 11.3 Å². The minimum atomic E-state index is 0.782. The monoisotopic (exact) mass is 213 g/mol. The van der Waals surface area contributed by atoms with Crippen LogP contribution in [0, 0.1) is 6.92 Å². The summed E-state index contributed by atoms with van der Waals surface area (Å²) in [5, 5.41) is 0. The molecule has 3 nitrogen and oxygen atoms in total. The van der Waals surface area contributed by atoms with E-state index in [4.69, 9.17) is 5.73 Å². The van der Waals surface area contributed by atoms with Gasteiger partial charge in [-0.1, -0.05) is 0 Å². The van der Waals surface area contributed by atoms with Crippen LogP contribution in [0.5, 0.6) is 0 Å². The molecule has 0 aliphatic rings. The van der Waals surface area contributed by atoms with Crippen molar-refractivity contribution in [2.45, 2.75) is 19.8 Å². The van der Waals surface area contributed by atoms with Gasteiger partial charge in [0, 0.05) is 11.4 Å². The lowest BCUT2D eigenvalue weighted by Gasteiger charge is -2.15. The second-order valence-corrected chi connectivity index (χ2v) is 4.50. The van der Waals surface area contributed by atoms with Gasteiger partial charge in [-0.3, -0.25) is 0 Å². The minimum absolute atomic E-state index is 0.782. The van der Waals surface area contributed by atoms with E-state index in [0.717, 1.165) is 32.5 Å². The fourth-order valence-electron chi connectivity index (χ4n) is 1.33. The average Bonchev–Trinajstić information content (AvgIpc) is 2.58. The SMILES string of the molecule is Cc1ncsc1CCN(C)CCCN. The number of hydrogen-bond acceptors (Lipinski definition) is 4. The number of hydrogen-bond donors (Lipinski definition) is 1. The molecule has 0 aliphatic carbocycles. The normalized spacial score (nSPS) is 11.1. The van der Waals surface area contributed by atoms with E-state index in [9.17, 15) is 0 Å². The molecule has 1 aromatic rings. The van der Waals surface area contributed by atoms with Crippen LogP contribution >= 0.6 is 11.3 Å². The second kappa shape index (κ2) is 6.11. The molecule has 1 aromatic heterocycles. The average molecular weight is 213 g/mol. The van der Waals surface area contributed by atoms with Crippen LogP contribution in [0.1, 0.15) is 17.0 Å². The zero-order valence-corrected chi connectivity index (χ0v) is 9.81. The molecule has 0 fully saturated rings. The first kappa shape index (κ1) is 11.6. The predicted molar refractivity (Wildman–Crippen MR) is 61.7 cm³/mol. The highest BCUT2D eigenvalue weighted by molar-refractivity contribution is 7.09. The van der Waals surface area contributed by atoms with E-state index < -0.39 is 0 Å². The van der Waals surface area contributed by atoms with Gasteiger partial charge in [0.05, 0.1) is 11.2 Å². The number of likely N-dealkylation sites (N-methyl/N-ethyl adjacent to an activating group) is 1. The molecule has 1 rings (SSSR count). The third-order valence-corrected chi connectivity index (χ3v) is 3.30. The molecule has 0 amide bonds. The molecular weight excluding hydrogens is 194 g/mol. The van der Waals surface area contributed by atoms with Crippen LogP contribution in [0.15, 0.2) is 5.51 Å². The van der Waals surface area contributed by atoms with Crippen molar-refractivity contribution < 1.29 is 0 Å². The Morgan fingerprint density at radius 2 is 2.29 bits per heavy atom. The molecule has 80 valence electrons. The summed E-state index contributed by atoms with van der Waals surface area (Å²) in [5.74, 6) is 0. The van der Waals surface area contributed by atoms with Gasteiger partial charge in [-0.05, 0) is 39.9 Å². The molecule has 0 atom stereocenters. The Morgan fingerprint density at radius 1 is 1.50 bits per heavy atom. The molecule has 0 spiro atoms. The van der Waals surface area contributed by atoms with E-state index in [1.54, 1.807) is 11.3 Å². The molecule has 0 aliphatic heterocycles. The first-order chi connectivity index (χ1) is 6.74. The van der Waals surface area contributed by atoms with Crippen molar-refractivity contribution in [2.75, 3.05) is 26.7 Å². The summed E-state index contributed by atoms with van der Waals surface area (Å²) in [6, 6.07) is 0. The van der Waals surface area contributed by atoms with Crippen molar-refractivity contribution in [3.05, 3.63) is 16.1 Å². The molecule has 0 bridgehead atoms. The lowest BCUT2D eigenvalue weighted by molar-refractivity contribution is 0.336. The van der Waals surface area contributed by atoms with Crippen molar-refractivity contribution in [3.63, 3.8) is 0 Å². The second-order valence-electron chi connectivity index (χ2n) is 3.56. The third kappa shape index (κ3) is 3.74. The maximum absolute atomic E-state index is 5.46. The van der Waals surface area contributed by atoms with Gasteiger partial charge in [0.25, 0.3) is 0 Å². The molecule has 0 unspecified atom stereocenters. The molecular formula is C10H19N3S. The molecule has 0 saturated carbocycles. The summed E-state index contributed by atoms with van der Waals surface area (Å²) in [6.45, 7) is 5.05. The van der Waals surface area contributed by atoms with Gasteiger partial charge in [-0.15, -0.1) is 11.3 Å². The van der Waals surface area contributed by atoms with Crippen LogP contribution in [0.2, 0.25) is 0 Å². The van der Waals surface area contributed by atoms with Crippen LogP contribution in [0.25, 0.3) is 0 Å². The van der Waals surface area contributed by atoms with Crippen molar-refractivity contribution in [1.29, 1.82) is 0 Å². The Morgan fingerprint density at radius 3 is 2.86 bits per heavy atom. The van der Waals surface area contributed by atoms with E-state index in [-0.39, 0.29) is 0 Å². The molecule has 4 heteroatoms. The fraction of sp³-hybridized carbons (Fsp3) is 0.700. The number of aromatic nitrogens is 1. The van der Waals surface area contributed by atoms with Crippen LogP contribution in [0.3, 0.4) is 0 Å². The van der Waals surface area contributed by atoms with Gasteiger partial charge in [0.1, 0.15) is 0 Å². The van der Waals surface area contributed by atoms with Crippen LogP contribution < -0.4 is 5.73 Å². The summed E-state index contributed by atoms with van der Waals surface area (Å²) in [4.78, 5) is 7.97. The van der Waals surface area contributed by atoms with Gasteiger partial charge in [-0.2, -0.15) is 0 Å². The van der Waals surface area contributed by atoms with Crippen molar-refractivity contribution in [1.82, 2.24) is 9.88 Å². The van der Waals surface area contributed by atoms with Gasteiger partial charge in [0.2, 0.25) is 0 Å². The fourth-order valence-corrected chi connectivity index (χ4v) is 2.10. The maximum atomic E-state index is 5.46. The van der Waals surface area contributed by atoms with Gasteiger partial charge in [-0.25, -0.2) is 4.98 Å². The first-order valence-corrected chi connectivity index (χ1v) is 5.89. The summed E-state index contributed by atoms with van der Waals surface area (Å²) >= 11 is 1.75. The van der Waals surface area contributed by atoms with Crippen LogP contribution in [0.4, 0.5) is 0 Å². The van der Waals surface area contributed by atoms with E-state index in [1.807, 2.05) is 5.51 Å². The standard InChI is InChI=1S/C10H19N3S/c1-9-10(14-8-12-9)4-7-13(2)6-3-5-11/h8H,3-7,11H2,1-2H3. The van der Waals surface area contributed by atoms with Gasteiger partial charge >= 0.3 is 0 Å². The zero-order valence-electron chi connectivity index (χ0n) is 8.99. The van der Waals surface area contributed by atoms with E-state index in [0.29, 0.717) is 0 Å². The Hall–Kier alpha value is -0.450. The Labute approximate surface area is 89.9 Å². The van der Waals surface area contributed by atoms with E-state index >= 15 is 0 Å². The summed E-state index contributed by atoms with van der Waals surface area (Å²) in [6.07, 6.45) is 2.19. The molecule has 1 heterocycles. The number of rotatable bonds is 6. The van der Waals surface area contributed by atoms with Crippen LogP contribution in [-0.4, -0.2) is 36.6 Å². The maximum Gasteiger partial charge on any atom is 0.0797 e. The molecule has 0 aromatic carbocycles. The number of aryl methyl sites for hydroxylation is 1. The molecule has 0 radical (unpaired) electrons. The van der Waals surface area contributed by atoms with Crippen molar-refractivity contribution in [3.8, 4) is 0 Å². The minimum Gasteiger partial charge on any atom is -0.330 e. The first-order valence-electron chi connectivity index (χ1n) is 5.01. The van der Waals surface area contributed by atoms with Gasteiger partial charge < -0.3 is 10.6 Å². The Bertz CT molecular complexity index is 260. The summed E-state index contributed by atoms with van der Waals surface area (Å²) in [7, 11) is 2.14. The largest absolute Gasteiger partial charge is 0.330 e. The zero-order chi connectivity index (χ0) is 10.4. The van der Waals surface area contributed by atoms with E-state index in [1.165, 1.54) is 10.6 Å². The number of thiazole rings is 1. The molecule has 0 saturated heterocycles. The smallest absolute Gasteiger partial charge is 0.0797 e. The summed E-state index contributed by atoms with van der Waals surface area (Å²) in [5.41, 5.74) is 8.56.